The number of amides is 1. The third kappa shape index (κ3) is 4.84. The van der Waals surface area contributed by atoms with Crippen molar-refractivity contribution in [2.24, 2.45) is 17.6 Å². The Bertz CT molecular complexity index is 244. The first-order valence-electron chi connectivity index (χ1n) is 6.47. The fraction of sp³-hybridized carbons (Fsp3) is 0.923. The Kier molecular flexibility index (Phi) is 7.10. The molecule has 4 heteroatoms. The van der Waals surface area contributed by atoms with E-state index in [1.54, 1.807) is 0 Å². The van der Waals surface area contributed by atoms with Crippen molar-refractivity contribution in [2.45, 2.75) is 59.0 Å². The van der Waals surface area contributed by atoms with Crippen LogP contribution < -0.4 is 5.73 Å². The van der Waals surface area contributed by atoms with Crippen molar-refractivity contribution in [3.05, 3.63) is 0 Å². The molecule has 0 aromatic rings. The van der Waals surface area contributed by atoms with Gasteiger partial charge in [-0.3, -0.25) is 4.79 Å². The summed E-state index contributed by atoms with van der Waals surface area (Å²) in [6, 6.07) is 0.536. The monoisotopic (exact) mass is 262 g/mol. The fourth-order valence-electron chi connectivity index (χ4n) is 2.42. The molecule has 1 saturated carbocycles. The van der Waals surface area contributed by atoms with E-state index in [4.69, 9.17) is 5.73 Å². The number of halogens is 1. The summed E-state index contributed by atoms with van der Waals surface area (Å²) in [5.74, 6) is 1.02. The zero-order chi connectivity index (χ0) is 12.3. The average Bonchev–Trinajstić information content (AvgIpc) is 2.59. The van der Waals surface area contributed by atoms with Crippen molar-refractivity contribution in [1.82, 2.24) is 4.90 Å². The summed E-state index contributed by atoms with van der Waals surface area (Å²) in [5, 5.41) is 0. The number of carbonyl (C=O) groups is 1. The van der Waals surface area contributed by atoms with Gasteiger partial charge in [0.15, 0.2) is 0 Å². The Hall–Kier alpha value is -0.280. The minimum atomic E-state index is 0. The maximum atomic E-state index is 12.3. The molecule has 0 radical (unpaired) electrons. The molecule has 2 atom stereocenters. The molecule has 1 aliphatic carbocycles. The van der Waals surface area contributed by atoms with Crippen LogP contribution in [0.25, 0.3) is 0 Å². The molecular weight excluding hydrogens is 236 g/mol. The lowest BCUT2D eigenvalue weighted by molar-refractivity contribution is -0.137. The second-order valence-electron chi connectivity index (χ2n) is 5.75. The average molecular weight is 263 g/mol. The molecule has 0 saturated heterocycles. The molecule has 1 rings (SSSR count). The van der Waals surface area contributed by atoms with Crippen molar-refractivity contribution in [2.75, 3.05) is 6.54 Å². The number of hydrogen-bond acceptors (Lipinski definition) is 2. The summed E-state index contributed by atoms with van der Waals surface area (Å²) in [6.07, 6.45) is 2.85. The molecule has 0 spiro atoms. The van der Waals surface area contributed by atoms with Crippen LogP contribution >= 0.6 is 12.4 Å². The summed E-state index contributed by atoms with van der Waals surface area (Å²) < 4.78 is 0. The number of hydrogen-bond donors (Lipinski definition) is 1. The maximum absolute atomic E-state index is 12.3. The van der Waals surface area contributed by atoms with E-state index < -0.39 is 0 Å². The quantitative estimate of drug-likeness (QED) is 0.846. The summed E-state index contributed by atoms with van der Waals surface area (Å²) in [7, 11) is 0. The van der Waals surface area contributed by atoms with Gasteiger partial charge >= 0.3 is 0 Å². The molecule has 2 unspecified atom stereocenters. The molecule has 0 bridgehead atoms. The van der Waals surface area contributed by atoms with Gasteiger partial charge in [-0.2, -0.15) is 0 Å². The smallest absolute Gasteiger partial charge is 0.225 e. The van der Waals surface area contributed by atoms with E-state index in [0.29, 0.717) is 17.9 Å². The first kappa shape index (κ1) is 16.7. The van der Waals surface area contributed by atoms with Crippen molar-refractivity contribution in [3.63, 3.8) is 0 Å². The Morgan fingerprint density at radius 3 is 2.24 bits per heavy atom. The van der Waals surface area contributed by atoms with Gasteiger partial charge in [0.25, 0.3) is 0 Å². The van der Waals surface area contributed by atoms with E-state index in [9.17, 15) is 4.79 Å². The third-order valence-corrected chi connectivity index (χ3v) is 3.29. The van der Waals surface area contributed by atoms with Crippen LogP contribution in [-0.4, -0.2) is 29.4 Å². The molecular formula is C13H27ClN2O. The summed E-state index contributed by atoms with van der Waals surface area (Å²) in [5.41, 5.74) is 5.87. The van der Waals surface area contributed by atoms with Crippen LogP contribution in [0, 0.1) is 11.8 Å². The van der Waals surface area contributed by atoms with E-state index in [0.717, 1.165) is 25.8 Å². The van der Waals surface area contributed by atoms with Gasteiger partial charge in [-0.05, 0) is 39.0 Å². The Morgan fingerprint density at radius 2 is 1.88 bits per heavy atom. The molecule has 0 heterocycles. The second kappa shape index (κ2) is 7.22. The lowest BCUT2D eigenvalue weighted by Crippen LogP contribution is -2.42. The highest BCUT2D eigenvalue weighted by atomic mass is 35.5. The summed E-state index contributed by atoms with van der Waals surface area (Å²) in [6.45, 7) is 9.36. The highest BCUT2D eigenvalue weighted by Crippen LogP contribution is 2.27. The first-order chi connectivity index (χ1) is 7.41. The Morgan fingerprint density at radius 1 is 1.29 bits per heavy atom. The standard InChI is InChI=1S/C13H26N2O.ClH/c1-9(2)8-15(10(3)4)13(16)11-5-6-12(14)7-11;/h9-12H,5-8,14H2,1-4H3;1H. The summed E-state index contributed by atoms with van der Waals surface area (Å²) in [4.78, 5) is 14.4. The Balaban J connectivity index is 0.00000256. The molecule has 1 fully saturated rings. The fourth-order valence-corrected chi connectivity index (χ4v) is 2.42. The number of carbonyl (C=O) groups excluding carboxylic acids is 1. The Labute approximate surface area is 112 Å². The third-order valence-electron chi connectivity index (χ3n) is 3.29. The van der Waals surface area contributed by atoms with E-state index in [1.165, 1.54) is 0 Å². The molecule has 2 N–H and O–H groups in total. The topological polar surface area (TPSA) is 46.3 Å². The zero-order valence-electron chi connectivity index (χ0n) is 11.5. The van der Waals surface area contributed by atoms with Crippen LogP contribution in [0.3, 0.4) is 0 Å². The normalized spacial score (nSPS) is 23.9. The van der Waals surface area contributed by atoms with Crippen LogP contribution in [-0.2, 0) is 4.79 Å². The van der Waals surface area contributed by atoms with Crippen molar-refractivity contribution in [3.8, 4) is 0 Å². The van der Waals surface area contributed by atoms with Crippen molar-refractivity contribution in [1.29, 1.82) is 0 Å². The molecule has 102 valence electrons. The highest BCUT2D eigenvalue weighted by molar-refractivity contribution is 5.85. The largest absolute Gasteiger partial charge is 0.340 e. The van der Waals surface area contributed by atoms with Gasteiger partial charge in [0.05, 0.1) is 0 Å². The van der Waals surface area contributed by atoms with E-state index in [1.807, 2.05) is 4.90 Å². The lowest BCUT2D eigenvalue weighted by atomic mass is 10.0. The van der Waals surface area contributed by atoms with Crippen LogP contribution in [0.15, 0.2) is 0 Å². The van der Waals surface area contributed by atoms with Gasteiger partial charge in [0.1, 0.15) is 0 Å². The molecule has 0 aliphatic heterocycles. The minimum absolute atomic E-state index is 0. The maximum Gasteiger partial charge on any atom is 0.225 e. The molecule has 0 aromatic carbocycles. The van der Waals surface area contributed by atoms with Crippen molar-refractivity contribution >= 4 is 18.3 Å². The number of nitrogens with zero attached hydrogens (tertiary/aromatic N) is 1. The van der Waals surface area contributed by atoms with E-state index >= 15 is 0 Å². The van der Waals surface area contributed by atoms with Crippen molar-refractivity contribution < 1.29 is 4.79 Å². The highest BCUT2D eigenvalue weighted by Gasteiger charge is 2.32. The zero-order valence-corrected chi connectivity index (χ0v) is 12.3. The van der Waals surface area contributed by atoms with Crippen LogP contribution in [0.4, 0.5) is 0 Å². The van der Waals surface area contributed by atoms with Crippen LogP contribution in [0.2, 0.25) is 0 Å². The van der Waals surface area contributed by atoms with E-state index in [2.05, 4.69) is 27.7 Å². The SMILES string of the molecule is CC(C)CN(C(=O)C1CCC(N)C1)C(C)C.Cl. The van der Waals surface area contributed by atoms with Gasteiger partial charge in [0, 0.05) is 24.5 Å². The van der Waals surface area contributed by atoms with Gasteiger partial charge in [-0.25, -0.2) is 0 Å². The lowest BCUT2D eigenvalue weighted by Gasteiger charge is -2.31. The van der Waals surface area contributed by atoms with Gasteiger partial charge in [-0.15, -0.1) is 12.4 Å². The molecule has 0 aromatic heterocycles. The number of nitrogens with two attached hydrogens (primary N) is 1. The van der Waals surface area contributed by atoms with Crippen LogP contribution in [0.5, 0.6) is 0 Å². The van der Waals surface area contributed by atoms with Gasteiger partial charge in [-0.1, -0.05) is 13.8 Å². The van der Waals surface area contributed by atoms with Gasteiger partial charge in [0.2, 0.25) is 5.91 Å². The van der Waals surface area contributed by atoms with Gasteiger partial charge < -0.3 is 10.6 Å². The second-order valence-corrected chi connectivity index (χ2v) is 5.75. The van der Waals surface area contributed by atoms with Crippen LogP contribution in [0.1, 0.15) is 47.0 Å². The predicted octanol–water partition coefficient (Wildman–Crippen LogP) is 2.43. The first-order valence-corrected chi connectivity index (χ1v) is 6.47. The van der Waals surface area contributed by atoms with E-state index in [-0.39, 0.29) is 24.4 Å². The number of rotatable bonds is 4. The summed E-state index contributed by atoms with van der Waals surface area (Å²) >= 11 is 0. The molecule has 1 aliphatic rings. The molecule has 3 nitrogen and oxygen atoms in total. The minimum Gasteiger partial charge on any atom is -0.340 e. The predicted molar refractivity (Wildman–Crippen MR) is 74.3 cm³/mol. The molecule has 1 amide bonds. The molecule has 17 heavy (non-hydrogen) atoms.